The number of carbonyl (C=O) groups excluding carboxylic acids is 1. The van der Waals surface area contributed by atoms with Crippen LogP contribution in [0, 0.1) is 18.3 Å². The number of halogens is 1. The molecule has 1 aliphatic rings. The molecule has 0 radical (unpaired) electrons. The molecule has 0 bridgehead atoms. The Morgan fingerprint density at radius 3 is 2.68 bits per heavy atom. The lowest BCUT2D eigenvalue weighted by atomic mass is 10.0. The van der Waals surface area contributed by atoms with Gasteiger partial charge in [0.15, 0.2) is 0 Å². The van der Waals surface area contributed by atoms with Gasteiger partial charge in [0.25, 0.3) is 5.91 Å². The summed E-state index contributed by atoms with van der Waals surface area (Å²) in [6.07, 6.45) is 3.37. The van der Waals surface area contributed by atoms with Gasteiger partial charge in [0.05, 0.1) is 16.7 Å². The van der Waals surface area contributed by atoms with Crippen molar-refractivity contribution in [3.8, 4) is 6.07 Å². The van der Waals surface area contributed by atoms with Crippen molar-refractivity contribution in [3.63, 3.8) is 0 Å². The van der Waals surface area contributed by atoms with Crippen LogP contribution in [0.4, 0.5) is 0 Å². The molecule has 1 heterocycles. The van der Waals surface area contributed by atoms with Gasteiger partial charge in [-0.05, 0) is 39.7 Å². The second-order valence-corrected chi connectivity index (χ2v) is 5.79. The first kappa shape index (κ1) is 13.8. The molecule has 0 aromatic carbocycles. The van der Waals surface area contributed by atoms with Crippen LogP contribution >= 0.6 is 11.6 Å². The molecule has 1 amide bonds. The minimum Gasteiger partial charge on any atom is -0.317 e. The molecule has 4 nitrogen and oxygen atoms in total. The highest BCUT2D eigenvalue weighted by atomic mass is 35.5. The molecule has 0 unspecified atom stereocenters. The van der Waals surface area contributed by atoms with E-state index in [1.165, 1.54) is 6.20 Å². The third kappa shape index (κ3) is 2.71. The van der Waals surface area contributed by atoms with Crippen molar-refractivity contribution in [3.05, 3.63) is 28.5 Å². The Labute approximate surface area is 118 Å². The highest BCUT2D eigenvalue weighted by Crippen LogP contribution is 2.35. The van der Waals surface area contributed by atoms with Crippen LogP contribution in [0.1, 0.15) is 42.7 Å². The Morgan fingerprint density at radius 1 is 1.58 bits per heavy atom. The van der Waals surface area contributed by atoms with E-state index in [9.17, 15) is 10.1 Å². The van der Waals surface area contributed by atoms with E-state index in [0.29, 0.717) is 10.6 Å². The number of hydrogen-bond donors (Lipinski definition) is 0. The summed E-state index contributed by atoms with van der Waals surface area (Å²) in [5.41, 5.74) is 0.286. The van der Waals surface area contributed by atoms with Gasteiger partial charge in [-0.15, -0.1) is 0 Å². The zero-order valence-corrected chi connectivity index (χ0v) is 12.0. The lowest BCUT2D eigenvalue weighted by molar-refractivity contribution is 0.0615. The van der Waals surface area contributed by atoms with Crippen molar-refractivity contribution in [2.24, 2.45) is 0 Å². The lowest BCUT2D eigenvalue weighted by Crippen LogP contribution is -2.48. The SMILES string of the molecule is Cc1cc(Cl)c(C(=O)N(C2CC2)C(C)(C)C#N)cn1. The molecule has 1 aromatic heterocycles. The zero-order chi connectivity index (χ0) is 14.2. The molecular weight excluding hydrogens is 262 g/mol. The maximum Gasteiger partial charge on any atom is 0.258 e. The molecule has 19 heavy (non-hydrogen) atoms. The Balaban J connectivity index is 2.38. The van der Waals surface area contributed by atoms with Gasteiger partial charge < -0.3 is 4.90 Å². The molecule has 100 valence electrons. The molecule has 0 atom stereocenters. The third-order valence-electron chi connectivity index (χ3n) is 3.23. The van der Waals surface area contributed by atoms with Crippen LogP contribution in [0.25, 0.3) is 0 Å². The molecule has 0 N–H and O–H groups in total. The highest BCUT2D eigenvalue weighted by Gasteiger charge is 2.42. The lowest BCUT2D eigenvalue weighted by Gasteiger charge is -2.33. The van der Waals surface area contributed by atoms with Crippen LogP contribution in [-0.2, 0) is 0 Å². The predicted molar refractivity (Wildman–Crippen MR) is 72.9 cm³/mol. The standard InChI is InChI=1S/C14H16ClN3O/c1-9-6-12(15)11(7-17-9)13(19)18(10-4-5-10)14(2,3)8-16/h6-7,10H,4-5H2,1-3H3. The molecule has 0 aliphatic heterocycles. The Hall–Kier alpha value is -1.60. The molecule has 5 heteroatoms. The summed E-state index contributed by atoms with van der Waals surface area (Å²) in [4.78, 5) is 18.4. The normalized spacial score (nSPS) is 14.9. The zero-order valence-electron chi connectivity index (χ0n) is 11.3. The number of rotatable bonds is 3. The van der Waals surface area contributed by atoms with E-state index in [1.807, 2.05) is 6.92 Å². The number of nitriles is 1. The second kappa shape index (κ2) is 4.82. The Morgan fingerprint density at radius 2 is 2.21 bits per heavy atom. The average molecular weight is 278 g/mol. The van der Waals surface area contributed by atoms with Gasteiger partial charge in [-0.1, -0.05) is 11.6 Å². The van der Waals surface area contributed by atoms with Gasteiger partial charge in [0.1, 0.15) is 5.54 Å². The summed E-state index contributed by atoms with van der Waals surface area (Å²) in [5.74, 6) is -0.216. The number of hydrogen-bond acceptors (Lipinski definition) is 3. The fraction of sp³-hybridized carbons (Fsp3) is 0.500. The van der Waals surface area contributed by atoms with Crippen molar-refractivity contribution in [1.82, 2.24) is 9.88 Å². The summed E-state index contributed by atoms with van der Waals surface area (Å²) in [6, 6.07) is 3.99. The first-order valence-corrected chi connectivity index (χ1v) is 6.61. The number of amides is 1. The molecule has 2 rings (SSSR count). The molecule has 0 spiro atoms. The van der Waals surface area contributed by atoms with Crippen LogP contribution in [-0.4, -0.2) is 27.4 Å². The minimum absolute atomic E-state index is 0.138. The van der Waals surface area contributed by atoms with Crippen LogP contribution < -0.4 is 0 Å². The quantitative estimate of drug-likeness (QED) is 0.853. The summed E-state index contributed by atoms with van der Waals surface area (Å²) < 4.78 is 0. The van der Waals surface area contributed by atoms with E-state index in [4.69, 9.17) is 11.6 Å². The van der Waals surface area contributed by atoms with Crippen molar-refractivity contribution in [2.75, 3.05) is 0 Å². The number of nitrogens with zero attached hydrogens (tertiary/aromatic N) is 3. The van der Waals surface area contributed by atoms with Crippen molar-refractivity contribution < 1.29 is 4.79 Å². The number of aromatic nitrogens is 1. The fourth-order valence-electron chi connectivity index (χ4n) is 2.08. The Kier molecular flexibility index (Phi) is 3.51. The minimum atomic E-state index is -0.841. The molecule has 1 aromatic rings. The highest BCUT2D eigenvalue weighted by molar-refractivity contribution is 6.33. The largest absolute Gasteiger partial charge is 0.317 e. The molecular formula is C14H16ClN3O. The van der Waals surface area contributed by atoms with Crippen LogP contribution in [0.15, 0.2) is 12.3 Å². The van der Waals surface area contributed by atoms with E-state index < -0.39 is 5.54 Å². The first-order chi connectivity index (χ1) is 8.86. The number of aryl methyl sites for hydroxylation is 1. The maximum atomic E-state index is 12.6. The summed E-state index contributed by atoms with van der Waals surface area (Å²) in [7, 11) is 0. The van der Waals surface area contributed by atoms with E-state index >= 15 is 0 Å². The predicted octanol–water partition coefficient (Wildman–Crippen LogP) is 2.95. The van der Waals surface area contributed by atoms with E-state index in [1.54, 1.807) is 24.8 Å². The van der Waals surface area contributed by atoms with Crippen LogP contribution in [0.3, 0.4) is 0 Å². The van der Waals surface area contributed by atoms with E-state index in [0.717, 1.165) is 18.5 Å². The Bertz CT molecular complexity index is 558. The average Bonchev–Trinajstić information content (AvgIpc) is 3.13. The topological polar surface area (TPSA) is 57.0 Å². The maximum absolute atomic E-state index is 12.6. The molecule has 1 fully saturated rings. The van der Waals surface area contributed by atoms with Crippen molar-refractivity contribution in [1.29, 1.82) is 5.26 Å². The van der Waals surface area contributed by atoms with Gasteiger partial charge in [-0.2, -0.15) is 5.26 Å². The van der Waals surface area contributed by atoms with Crippen LogP contribution in [0.2, 0.25) is 5.02 Å². The van der Waals surface area contributed by atoms with Gasteiger partial charge in [0.2, 0.25) is 0 Å². The van der Waals surface area contributed by atoms with Crippen molar-refractivity contribution in [2.45, 2.75) is 45.2 Å². The molecule has 1 saturated carbocycles. The summed E-state index contributed by atoms with van der Waals surface area (Å²) in [6.45, 7) is 5.31. The molecule has 0 saturated heterocycles. The van der Waals surface area contributed by atoms with Crippen molar-refractivity contribution >= 4 is 17.5 Å². The molecule has 1 aliphatic carbocycles. The smallest absolute Gasteiger partial charge is 0.258 e. The van der Waals surface area contributed by atoms with Gasteiger partial charge in [0, 0.05) is 17.9 Å². The monoisotopic (exact) mass is 277 g/mol. The first-order valence-electron chi connectivity index (χ1n) is 6.24. The number of pyridine rings is 1. The summed E-state index contributed by atoms with van der Waals surface area (Å²) >= 11 is 6.12. The van der Waals surface area contributed by atoms with Gasteiger partial charge >= 0.3 is 0 Å². The third-order valence-corrected chi connectivity index (χ3v) is 3.54. The summed E-state index contributed by atoms with van der Waals surface area (Å²) in [5, 5.41) is 9.64. The van der Waals surface area contributed by atoms with Gasteiger partial charge in [-0.3, -0.25) is 9.78 Å². The van der Waals surface area contributed by atoms with Crippen LogP contribution in [0.5, 0.6) is 0 Å². The van der Waals surface area contributed by atoms with E-state index in [-0.39, 0.29) is 11.9 Å². The van der Waals surface area contributed by atoms with Gasteiger partial charge in [-0.25, -0.2) is 0 Å². The fourth-order valence-corrected chi connectivity index (χ4v) is 2.36. The van der Waals surface area contributed by atoms with E-state index in [2.05, 4.69) is 11.1 Å². The second-order valence-electron chi connectivity index (χ2n) is 5.38. The number of carbonyl (C=O) groups is 1.